The number of pyridine rings is 1. The van der Waals surface area contributed by atoms with Gasteiger partial charge in [0.25, 0.3) is 0 Å². The molecular weight excluding hydrogens is 230 g/mol. The van der Waals surface area contributed by atoms with Gasteiger partial charge in [-0.25, -0.2) is 9.97 Å². The molecule has 1 saturated heterocycles. The molecule has 5 heteroatoms. The van der Waals surface area contributed by atoms with Crippen LogP contribution in [0.5, 0.6) is 0 Å². The van der Waals surface area contributed by atoms with Crippen molar-refractivity contribution in [3.63, 3.8) is 0 Å². The summed E-state index contributed by atoms with van der Waals surface area (Å²) in [5, 5.41) is 9.21. The van der Waals surface area contributed by atoms with Crippen LogP contribution in [0.25, 0.3) is 11.2 Å². The van der Waals surface area contributed by atoms with Gasteiger partial charge >= 0.3 is 0 Å². The first-order valence-corrected chi connectivity index (χ1v) is 6.40. The van der Waals surface area contributed by atoms with Crippen molar-refractivity contribution in [2.75, 3.05) is 19.8 Å². The summed E-state index contributed by atoms with van der Waals surface area (Å²) in [5.41, 5.74) is 1.75. The van der Waals surface area contributed by atoms with Crippen molar-refractivity contribution in [3.05, 3.63) is 24.2 Å². The Hall–Kier alpha value is -1.46. The van der Waals surface area contributed by atoms with Gasteiger partial charge in [0.1, 0.15) is 11.3 Å². The van der Waals surface area contributed by atoms with E-state index in [0.717, 1.165) is 43.0 Å². The highest BCUT2D eigenvalue weighted by atomic mass is 16.5. The molecule has 0 aliphatic carbocycles. The number of aliphatic hydroxyl groups is 1. The van der Waals surface area contributed by atoms with Gasteiger partial charge in [0.05, 0.1) is 13.2 Å². The van der Waals surface area contributed by atoms with E-state index < -0.39 is 0 Å². The zero-order valence-corrected chi connectivity index (χ0v) is 10.2. The summed E-state index contributed by atoms with van der Waals surface area (Å²) >= 11 is 0. The topological polar surface area (TPSA) is 60.2 Å². The molecule has 1 aliphatic heterocycles. The molecule has 1 unspecified atom stereocenters. The van der Waals surface area contributed by atoms with Crippen LogP contribution in [0.15, 0.2) is 18.3 Å². The summed E-state index contributed by atoms with van der Waals surface area (Å²) in [6, 6.07) is 3.85. The van der Waals surface area contributed by atoms with E-state index in [9.17, 15) is 5.11 Å². The molecule has 2 aromatic heterocycles. The number of fused-ring (bicyclic) bond motifs is 1. The molecular formula is C13H17N3O2. The second kappa shape index (κ2) is 5.04. The van der Waals surface area contributed by atoms with Gasteiger partial charge in [-0.15, -0.1) is 0 Å². The molecule has 1 atom stereocenters. The standard InChI is InChI=1S/C13H17N3O2/c17-7-6-16-12(10-3-2-8-18-9-10)15-11-4-1-5-14-13(11)16/h1,4-5,10,17H,2-3,6-9H2. The fraction of sp³-hybridized carbons (Fsp3) is 0.538. The Morgan fingerprint density at radius 2 is 2.44 bits per heavy atom. The van der Waals surface area contributed by atoms with Gasteiger partial charge in [-0.2, -0.15) is 0 Å². The van der Waals surface area contributed by atoms with Crippen molar-refractivity contribution in [2.24, 2.45) is 0 Å². The molecule has 18 heavy (non-hydrogen) atoms. The van der Waals surface area contributed by atoms with Crippen LogP contribution in [0.1, 0.15) is 24.6 Å². The lowest BCUT2D eigenvalue weighted by molar-refractivity contribution is 0.0768. The lowest BCUT2D eigenvalue weighted by Gasteiger charge is -2.22. The SMILES string of the molecule is OCCn1c(C2CCCOC2)nc2cccnc21. The highest BCUT2D eigenvalue weighted by molar-refractivity contribution is 5.71. The Labute approximate surface area is 105 Å². The molecule has 0 amide bonds. The minimum absolute atomic E-state index is 0.0998. The van der Waals surface area contributed by atoms with Crippen LogP contribution in [0.2, 0.25) is 0 Å². The molecule has 0 radical (unpaired) electrons. The first kappa shape index (κ1) is 11.6. The van der Waals surface area contributed by atoms with E-state index in [2.05, 4.69) is 9.97 Å². The average Bonchev–Trinajstić information content (AvgIpc) is 2.80. The van der Waals surface area contributed by atoms with Crippen LogP contribution in [-0.4, -0.2) is 39.5 Å². The Kier molecular flexibility index (Phi) is 3.25. The van der Waals surface area contributed by atoms with Crippen LogP contribution in [-0.2, 0) is 11.3 Å². The van der Waals surface area contributed by atoms with Crippen LogP contribution in [0.3, 0.4) is 0 Å². The normalized spacial score (nSPS) is 20.4. The molecule has 0 bridgehead atoms. The number of aromatic nitrogens is 3. The second-order valence-electron chi connectivity index (χ2n) is 4.61. The minimum Gasteiger partial charge on any atom is -0.395 e. The lowest BCUT2D eigenvalue weighted by atomic mass is 10.0. The summed E-state index contributed by atoms with van der Waals surface area (Å²) < 4.78 is 7.55. The number of rotatable bonds is 3. The van der Waals surface area contributed by atoms with E-state index in [-0.39, 0.29) is 6.61 Å². The maximum absolute atomic E-state index is 9.21. The lowest BCUT2D eigenvalue weighted by Crippen LogP contribution is -2.20. The summed E-state index contributed by atoms with van der Waals surface area (Å²) in [7, 11) is 0. The number of nitrogens with zero attached hydrogens (tertiary/aromatic N) is 3. The van der Waals surface area contributed by atoms with Crippen molar-refractivity contribution in [1.82, 2.24) is 14.5 Å². The van der Waals surface area contributed by atoms with E-state index >= 15 is 0 Å². The first-order valence-electron chi connectivity index (χ1n) is 6.40. The molecule has 0 spiro atoms. The van der Waals surface area contributed by atoms with Gasteiger partial charge in [-0.05, 0) is 25.0 Å². The summed E-state index contributed by atoms with van der Waals surface area (Å²) in [6.07, 6.45) is 3.92. The molecule has 3 heterocycles. The quantitative estimate of drug-likeness (QED) is 0.888. The molecule has 96 valence electrons. The maximum atomic E-state index is 9.21. The molecule has 1 fully saturated rings. The van der Waals surface area contributed by atoms with E-state index in [1.54, 1.807) is 6.20 Å². The van der Waals surface area contributed by atoms with Gasteiger partial charge in [-0.1, -0.05) is 0 Å². The smallest absolute Gasteiger partial charge is 0.160 e. The molecule has 2 aromatic rings. The fourth-order valence-corrected chi connectivity index (χ4v) is 2.55. The summed E-state index contributed by atoms with van der Waals surface area (Å²) in [6.45, 7) is 2.20. The van der Waals surface area contributed by atoms with Crippen molar-refractivity contribution in [2.45, 2.75) is 25.3 Å². The Balaban J connectivity index is 2.05. The van der Waals surface area contributed by atoms with Crippen LogP contribution < -0.4 is 0 Å². The van der Waals surface area contributed by atoms with Crippen molar-refractivity contribution >= 4 is 11.2 Å². The second-order valence-corrected chi connectivity index (χ2v) is 4.61. The van der Waals surface area contributed by atoms with Gasteiger partial charge in [0.15, 0.2) is 5.65 Å². The average molecular weight is 247 g/mol. The third-order valence-electron chi connectivity index (χ3n) is 3.38. The van der Waals surface area contributed by atoms with Crippen LogP contribution in [0.4, 0.5) is 0 Å². The van der Waals surface area contributed by atoms with Crippen molar-refractivity contribution in [1.29, 1.82) is 0 Å². The molecule has 0 aromatic carbocycles. The van der Waals surface area contributed by atoms with E-state index in [1.165, 1.54) is 0 Å². The highest BCUT2D eigenvalue weighted by Gasteiger charge is 2.23. The summed E-state index contributed by atoms with van der Waals surface area (Å²) in [4.78, 5) is 9.03. The van der Waals surface area contributed by atoms with E-state index in [4.69, 9.17) is 4.74 Å². The third kappa shape index (κ3) is 2.00. The van der Waals surface area contributed by atoms with Gasteiger partial charge in [0, 0.05) is 25.3 Å². The first-order chi connectivity index (χ1) is 8.90. The predicted molar refractivity (Wildman–Crippen MR) is 67.4 cm³/mol. The molecule has 1 N–H and O–H groups in total. The summed E-state index contributed by atoms with van der Waals surface area (Å²) in [5.74, 6) is 1.32. The van der Waals surface area contributed by atoms with Crippen molar-refractivity contribution < 1.29 is 9.84 Å². The van der Waals surface area contributed by atoms with E-state index in [1.807, 2.05) is 16.7 Å². The minimum atomic E-state index is 0.0998. The number of hydrogen-bond acceptors (Lipinski definition) is 4. The monoisotopic (exact) mass is 247 g/mol. The fourth-order valence-electron chi connectivity index (χ4n) is 2.55. The number of aliphatic hydroxyl groups excluding tert-OH is 1. The van der Waals surface area contributed by atoms with E-state index in [0.29, 0.717) is 12.5 Å². The molecule has 3 rings (SSSR count). The largest absolute Gasteiger partial charge is 0.395 e. The Morgan fingerprint density at radius 1 is 1.50 bits per heavy atom. The Morgan fingerprint density at radius 3 is 3.22 bits per heavy atom. The van der Waals surface area contributed by atoms with Gasteiger partial charge < -0.3 is 14.4 Å². The molecule has 5 nitrogen and oxygen atoms in total. The van der Waals surface area contributed by atoms with Gasteiger partial charge in [-0.3, -0.25) is 0 Å². The number of imidazole rings is 1. The number of ether oxygens (including phenoxy) is 1. The third-order valence-corrected chi connectivity index (χ3v) is 3.38. The zero-order chi connectivity index (χ0) is 12.4. The maximum Gasteiger partial charge on any atom is 0.160 e. The zero-order valence-electron chi connectivity index (χ0n) is 10.2. The highest BCUT2D eigenvalue weighted by Crippen LogP contribution is 2.27. The van der Waals surface area contributed by atoms with Gasteiger partial charge in [0.2, 0.25) is 0 Å². The predicted octanol–water partition coefficient (Wildman–Crippen LogP) is 1.32. The molecule has 0 saturated carbocycles. The Bertz CT molecular complexity index is 532. The molecule has 1 aliphatic rings. The van der Waals surface area contributed by atoms with Crippen LogP contribution in [0, 0.1) is 0 Å². The van der Waals surface area contributed by atoms with Crippen LogP contribution >= 0.6 is 0 Å². The number of hydrogen-bond donors (Lipinski definition) is 1. The van der Waals surface area contributed by atoms with Crippen molar-refractivity contribution in [3.8, 4) is 0 Å².